The Morgan fingerprint density at radius 1 is 1.11 bits per heavy atom. The average Bonchev–Trinajstić information content (AvgIpc) is 2.82. The van der Waals surface area contributed by atoms with E-state index in [2.05, 4.69) is 0 Å². The van der Waals surface area contributed by atoms with Crippen molar-refractivity contribution in [3.8, 4) is 5.75 Å². The zero-order valence-corrected chi connectivity index (χ0v) is 9.84. The largest absolute Gasteiger partial charge is 0.488 e. The highest BCUT2D eigenvalue weighted by Gasteiger charge is 2.30. The number of nitrogens with two attached hydrogens (primary N) is 1. The fraction of sp³-hybridized carbons (Fsp3) is 0.200. The molecule has 0 spiro atoms. The van der Waals surface area contributed by atoms with Crippen LogP contribution in [0.3, 0.4) is 0 Å². The van der Waals surface area contributed by atoms with Crippen LogP contribution < -0.4 is 10.5 Å². The van der Waals surface area contributed by atoms with E-state index in [1.165, 1.54) is 6.07 Å². The van der Waals surface area contributed by atoms with E-state index in [9.17, 15) is 4.39 Å². The van der Waals surface area contributed by atoms with E-state index in [1.807, 2.05) is 24.3 Å². The van der Waals surface area contributed by atoms with Crippen molar-refractivity contribution >= 4 is 0 Å². The summed E-state index contributed by atoms with van der Waals surface area (Å²) in [6.07, 6.45) is 0.533. The molecule has 2 unspecified atom stereocenters. The van der Waals surface area contributed by atoms with Crippen molar-refractivity contribution < 1.29 is 9.13 Å². The summed E-state index contributed by atoms with van der Waals surface area (Å²) in [5, 5.41) is 0. The van der Waals surface area contributed by atoms with Crippen LogP contribution in [0.1, 0.15) is 17.2 Å². The van der Waals surface area contributed by atoms with Gasteiger partial charge in [-0.05, 0) is 17.7 Å². The first kappa shape index (κ1) is 11.2. The Morgan fingerprint density at radius 3 is 2.61 bits per heavy atom. The summed E-state index contributed by atoms with van der Waals surface area (Å²) < 4.78 is 19.5. The highest BCUT2D eigenvalue weighted by molar-refractivity contribution is 5.38. The molecule has 0 aliphatic carbocycles. The SMILES string of the molecule is NC(c1ccccc1F)C1Cc2ccccc2O1. The maximum Gasteiger partial charge on any atom is 0.128 e. The Hall–Kier alpha value is -1.87. The highest BCUT2D eigenvalue weighted by Crippen LogP contribution is 2.33. The third kappa shape index (κ3) is 1.87. The summed E-state index contributed by atoms with van der Waals surface area (Å²) in [7, 11) is 0. The molecule has 0 saturated heterocycles. The minimum absolute atomic E-state index is 0.195. The van der Waals surface area contributed by atoms with Crippen LogP contribution in [-0.2, 0) is 6.42 Å². The molecule has 2 N–H and O–H groups in total. The van der Waals surface area contributed by atoms with E-state index in [0.29, 0.717) is 5.56 Å². The lowest BCUT2D eigenvalue weighted by molar-refractivity contribution is 0.197. The topological polar surface area (TPSA) is 35.2 Å². The fourth-order valence-electron chi connectivity index (χ4n) is 2.35. The molecule has 2 atom stereocenters. The second-order valence-electron chi connectivity index (χ2n) is 4.52. The minimum atomic E-state index is -0.446. The van der Waals surface area contributed by atoms with E-state index in [1.54, 1.807) is 18.2 Å². The molecule has 18 heavy (non-hydrogen) atoms. The van der Waals surface area contributed by atoms with Crippen LogP contribution in [0, 0.1) is 5.82 Å². The lowest BCUT2D eigenvalue weighted by Crippen LogP contribution is -2.30. The van der Waals surface area contributed by atoms with Gasteiger partial charge in [-0.15, -0.1) is 0 Å². The summed E-state index contributed by atoms with van der Waals surface area (Å²) in [4.78, 5) is 0. The number of halogens is 1. The molecule has 2 aromatic carbocycles. The van der Waals surface area contributed by atoms with Crippen LogP contribution in [0.4, 0.5) is 4.39 Å². The molecule has 2 nitrogen and oxygen atoms in total. The maximum atomic E-state index is 13.7. The zero-order chi connectivity index (χ0) is 12.5. The van der Waals surface area contributed by atoms with Crippen LogP contribution in [-0.4, -0.2) is 6.10 Å². The summed E-state index contributed by atoms with van der Waals surface area (Å²) in [6.45, 7) is 0. The first-order chi connectivity index (χ1) is 8.75. The quantitative estimate of drug-likeness (QED) is 0.880. The predicted octanol–water partition coefficient (Wildman–Crippen LogP) is 2.83. The van der Waals surface area contributed by atoms with E-state index >= 15 is 0 Å². The van der Waals surface area contributed by atoms with Crippen molar-refractivity contribution in [1.82, 2.24) is 0 Å². The molecule has 0 bridgehead atoms. The van der Waals surface area contributed by atoms with Crippen LogP contribution >= 0.6 is 0 Å². The van der Waals surface area contributed by atoms with Crippen LogP contribution in [0.2, 0.25) is 0 Å². The van der Waals surface area contributed by atoms with Crippen molar-refractivity contribution in [2.24, 2.45) is 5.73 Å². The smallest absolute Gasteiger partial charge is 0.128 e. The summed E-state index contributed by atoms with van der Waals surface area (Å²) >= 11 is 0. The number of hydrogen-bond donors (Lipinski definition) is 1. The molecule has 0 amide bonds. The Bertz CT molecular complexity index is 545. The lowest BCUT2D eigenvalue weighted by atomic mass is 9.98. The molecule has 0 aromatic heterocycles. The van der Waals surface area contributed by atoms with Gasteiger partial charge in [0.25, 0.3) is 0 Å². The molecule has 92 valence electrons. The van der Waals surface area contributed by atoms with Gasteiger partial charge in [-0.25, -0.2) is 4.39 Å². The summed E-state index contributed by atoms with van der Waals surface area (Å²) in [5.41, 5.74) is 7.76. The molecule has 3 rings (SSSR count). The molecule has 1 heterocycles. The van der Waals surface area contributed by atoms with Crippen molar-refractivity contribution in [3.05, 3.63) is 65.5 Å². The van der Waals surface area contributed by atoms with Crippen LogP contribution in [0.25, 0.3) is 0 Å². The third-order valence-electron chi connectivity index (χ3n) is 3.34. The van der Waals surface area contributed by atoms with E-state index in [0.717, 1.165) is 17.7 Å². The summed E-state index contributed by atoms with van der Waals surface area (Å²) in [6, 6.07) is 14.0. The van der Waals surface area contributed by atoms with E-state index < -0.39 is 6.04 Å². The number of ether oxygens (including phenoxy) is 1. The second-order valence-corrected chi connectivity index (χ2v) is 4.52. The van der Waals surface area contributed by atoms with Gasteiger partial charge >= 0.3 is 0 Å². The number of hydrogen-bond acceptors (Lipinski definition) is 2. The second kappa shape index (κ2) is 4.42. The van der Waals surface area contributed by atoms with Gasteiger partial charge in [0.1, 0.15) is 17.7 Å². The number of para-hydroxylation sites is 1. The van der Waals surface area contributed by atoms with Crippen molar-refractivity contribution in [2.75, 3.05) is 0 Å². The lowest BCUT2D eigenvalue weighted by Gasteiger charge is -2.19. The maximum absolute atomic E-state index is 13.7. The van der Waals surface area contributed by atoms with Gasteiger partial charge in [-0.3, -0.25) is 0 Å². The molecule has 0 saturated carbocycles. The molecule has 0 radical (unpaired) electrons. The van der Waals surface area contributed by atoms with Crippen LogP contribution in [0.15, 0.2) is 48.5 Å². The molecule has 1 aliphatic rings. The first-order valence-corrected chi connectivity index (χ1v) is 6.00. The Labute approximate surface area is 105 Å². The number of rotatable bonds is 2. The normalized spacial score (nSPS) is 19.1. The summed E-state index contributed by atoms with van der Waals surface area (Å²) in [5.74, 6) is 0.582. The van der Waals surface area contributed by atoms with E-state index in [4.69, 9.17) is 10.5 Å². The molecular formula is C15H14FNO. The van der Waals surface area contributed by atoms with Crippen molar-refractivity contribution in [2.45, 2.75) is 18.6 Å². The predicted molar refractivity (Wildman–Crippen MR) is 67.9 cm³/mol. The Balaban J connectivity index is 1.85. The fourth-order valence-corrected chi connectivity index (χ4v) is 2.35. The average molecular weight is 243 g/mol. The van der Waals surface area contributed by atoms with Gasteiger partial charge in [0.15, 0.2) is 0 Å². The van der Waals surface area contributed by atoms with Gasteiger partial charge in [0.05, 0.1) is 6.04 Å². The van der Waals surface area contributed by atoms with Gasteiger partial charge in [0, 0.05) is 12.0 Å². The Kier molecular flexibility index (Phi) is 2.76. The van der Waals surface area contributed by atoms with Crippen LogP contribution in [0.5, 0.6) is 5.75 Å². The van der Waals surface area contributed by atoms with Gasteiger partial charge in [-0.1, -0.05) is 36.4 Å². The third-order valence-corrected chi connectivity index (χ3v) is 3.34. The molecular weight excluding hydrogens is 229 g/mol. The van der Waals surface area contributed by atoms with Crippen molar-refractivity contribution in [3.63, 3.8) is 0 Å². The number of fused-ring (bicyclic) bond motifs is 1. The van der Waals surface area contributed by atoms with Gasteiger partial charge in [-0.2, -0.15) is 0 Å². The number of benzene rings is 2. The monoisotopic (exact) mass is 243 g/mol. The standard InChI is InChI=1S/C15H14FNO/c16-12-7-3-2-6-11(12)15(17)14-9-10-5-1-4-8-13(10)18-14/h1-8,14-15H,9,17H2. The Morgan fingerprint density at radius 2 is 1.83 bits per heavy atom. The zero-order valence-electron chi connectivity index (χ0n) is 9.84. The van der Waals surface area contributed by atoms with Gasteiger partial charge in [0.2, 0.25) is 0 Å². The molecule has 0 fully saturated rings. The highest BCUT2D eigenvalue weighted by atomic mass is 19.1. The minimum Gasteiger partial charge on any atom is -0.488 e. The molecule has 1 aliphatic heterocycles. The van der Waals surface area contributed by atoms with Gasteiger partial charge < -0.3 is 10.5 Å². The van der Waals surface area contributed by atoms with Crippen molar-refractivity contribution in [1.29, 1.82) is 0 Å². The first-order valence-electron chi connectivity index (χ1n) is 6.00. The molecule has 2 aromatic rings. The van der Waals surface area contributed by atoms with E-state index in [-0.39, 0.29) is 11.9 Å². The molecule has 3 heteroatoms.